The molecule has 2 atom stereocenters. The normalized spacial score (nSPS) is 19.3. The molecule has 2 aromatic carbocycles. The number of nitrogens with zero attached hydrogens (tertiary/aromatic N) is 2. The van der Waals surface area contributed by atoms with Gasteiger partial charge < -0.3 is 10.2 Å². The second-order valence-electron chi connectivity index (χ2n) is 6.81. The van der Waals surface area contributed by atoms with Crippen molar-refractivity contribution in [3.8, 4) is 0 Å². The van der Waals surface area contributed by atoms with Crippen molar-refractivity contribution in [2.24, 2.45) is 0 Å². The van der Waals surface area contributed by atoms with Crippen molar-refractivity contribution in [1.82, 2.24) is 9.80 Å². The largest absolute Gasteiger partial charge is 0.387 e. The Hall–Kier alpha value is -1.72. The molecule has 3 rings (SSSR count). The number of β-amino-alcohol motifs (C(OH)–C–C–N with tert-alkyl or cyclic N) is 2. The Balaban J connectivity index is 1.49. The first-order chi connectivity index (χ1) is 12.2. The molecular weight excluding hydrogens is 312 g/mol. The van der Waals surface area contributed by atoms with E-state index in [9.17, 15) is 10.2 Å². The molecule has 25 heavy (non-hydrogen) atoms. The molecular formula is C21H28N2O2. The Kier molecular flexibility index (Phi) is 6.59. The van der Waals surface area contributed by atoms with Crippen LogP contribution < -0.4 is 0 Å². The summed E-state index contributed by atoms with van der Waals surface area (Å²) in [5.41, 5.74) is 1.95. The van der Waals surface area contributed by atoms with E-state index in [1.165, 1.54) is 0 Å². The molecule has 2 N–H and O–H groups in total. The summed E-state index contributed by atoms with van der Waals surface area (Å²) in [6.07, 6.45) is 0.175. The fourth-order valence-corrected chi connectivity index (χ4v) is 3.44. The standard InChI is InChI=1S/C21H28N2O2/c24-20(18-8-3-1-4-9-18)16-22-12-7-13-23(15-14-22)17-21(25)19-10-5-2-6-11-19/h1-6,8-11,20-21,24-25H,7,12-17H2. The van der Waals surface area contributed by atoms with Crippen LogP contribution in [0.5, 0.6) is 0 Å². The summed E-state index contributed by atoms with van der Waals surface area (Å²) in [6.45, 7) is 5.15. The predicted molar refractivity (Wildman–Crippen MR) is 100 cm³/mol. The smallest absolute Gasteiger partial charge is 0.0916 e. The van der Waals surface area contributed by atoms with Gasteiger partial charge in [-0.1, -0.05) is 60.7 Å². The lowest BCUT2D eigenvalue weighted by Crippen LogP contribution is -2.35. The summed E-state index contributed by atoms with van der Waals surface area (Å²) in [7, 11) is 0. The lowest BCUT2D eigenvalue weighted by molar-refractivity contribution is 0.103. The highest BCUT2D eigenvalue weighted by molar-refractivity contribution is 5.18. The summed E-state index contributed by atoms with van der Waals surface area (Å²) < 4.78 is 0. The van der Waals surface area contributed by atoms with Crippen molar-refractivity contribution in [2.75, 3.05) is 39.3 Å². The Labute approximate surface area is 150 Å². The van der Waals surface area contributed by atoms with Gasteiger partial charge in [-0.25, -0.2) is 0 Å². The van der Waals surface area contributed by atoms with E-state index in [1.807, 2.05) is 60.7 Å². The molecule has 1 heterocycles. The maximum Gasteiger partial charge on any atom is 0.0916 e. The van der Waals surface area contributed by atoms with Gasteiger partial charge in [0.1, 0.15) is 0 Å². The molecule has 0 spiro atoms. The van der Waals surface area contributed by atoms with Crippen LogP contribution in [0.4, 0.5) is 0 Å². The molecule has 4 nitrogen and oxygen atoms in total. The molecule has 2 unspecified atom stereocenters. The van der Waals surface area contributed by atoms with Gasteiger partial charge in [0, 0.05) is 26.2 Å². The van der Waals surface area contributed by atoms with Gasteiger partial charge in [-0.2, -0.15) is 0 Å². The minimum absolute atomic E-state index is 0.442. The fraction of sp³-hybridized carbons (Fsp3) is 0.429. The summed E-state index contributed by atoms with van der Waals surface area (Å²) in [4.78, 5) is 4.65. The fourth-order valence-electron chi connectivity index (χ4n) is 3.44. The van der Waals surface area contributed by atoms with Crippen molar-refractivity contribution >= 4 is 0 Å². The highest BCUT2D eigenvalue weighted by Crippen LogP contribution is 2.17. The zero-order valence-electron chi connectivity index (χ0n) is 14.7. The lowest BCUT2D eigenvalue weighted by Gasteiger charge is -2.25. The monoisotopic (exact) mass is 340 g/mol. The van der Waals surface area contributed by atoms with Gasteiger partial charge >= 0.3 is 0 Å². The zero-order chi connectivity index (χ0) is 17.5. The molecule has 2 aromatic rings. The third kappa shape index (κ3) is 5.38. The van der Waals surface area contributed by atoms with Gasteiger partial charge in [-0.15, -0.1) is 0 Å². The Bertz CT molecular complexity index is 565. The molecule has 0 aromatic heterocycles. The average Bonchev–Trinajstić information content (AvgIpc) is 2.88. The Morgan fingerprint density at radius 3 is 1.44 bits per heavy atom. The van der Waals surface area contributed by atoms with Crippen molar-refractivity contribution in [3.05, 3.63) is 71.8 Å². The Morgan fingerprint density at radius 2 is 1.04 bits per heavy atom. The summed E-state index contributed by atoms with van der Waals surface area (Å²) in [5.74, 6) is 0. The number of hydrogen-bond acceptors (Lipinski definition) is 4. The number of aliphatic hydroxyl groups excluding tert-OH is 2. The van der Waals surface area contributed by atoms with Crippen LogP contribution in [0.3, 0.4) is 0 Å². The maximum absolute atomic E-state index is 10.4. The topological polar surface area (TPSA) is 46.9 Å². The molecule has 0 amide bonds. The van der Waals surface area contributed by atoms with Gasteiger partial charge in [0.05, 0.1) is 12.2 Å². The van der Waals surface area contributed by atoms with Crippen LogP contribution >= 0.6 is 0 Å². The van der Waals surface area contributed by atoms with E-state index in [1.54, 1.807) is 0 Å². The van der Waals surface area contributed by atoms with Crippen LogP contribution in [-0.2, 0) is 0 Å². The summed E-state index contributed by atoms with van der Waals surface area (Å²) >= 11 is 0. The molecule has 0 saturated carbocycles. The molecule has 0 aliphatic carbocycles. The van der Waals surface area contributed by atoms with E-state index >= 15 is 0 Å². The highest BCUT2D eigenvalue weighted by Gasteiger charge is 2.20. The number of rotatable bonds is 6. The van der Waals surface area contributed by atoms with E-state index in [0.29, 0.717) is 13.1 Å². The van der Waals surface area contributed by atoms with E-state index in [4.69, 9.17) is 0 Å². The lowest BCUT2D eigenvalue weighted by atomic mass is 10.1. The molecule has 1 aliphatic rings. The minimum Gasteiger partial charge on any atom is -0.387 e. The predicted octanol–water partition coefficient (Wildman–Crippen LogP) is 2.46. The van der Waals surface area contributed by atoms with Crippen LogP contribution in [0.15, 0.2) is 60.7 Å². The van der Waals surface area contributed by atoms with Crippen LogP contribution in [0.25, 0.3) is 0 Å². The van der Waals surface area contributed by atoms with Crippen LogP contribution in [-0.4, -0.2) is 59.3 Å². The molecule has 1 fully saturated rings. The SMILES string of the molecule is OC(CN1CCCN(CC(O)c2ccccc2)CC1)c1ccccc1. The van der Waals surface area contributed by atoms with E-state index in [-0.39, 0.29) is 0 Å². The van der Waals surface area contributed by atoms with Crippen LogP contribution in [0.1, 0.15) is 29.8 Å². The highest BCUT2D eigenvalue weighted by atomic mass is 16.3. The number of benzene rings is 2. The second kappa shape index (κ2) is 9.11. The average molecular weight is 340 g/mol. The van der Waals surface area contributed by atoms with Crippen molar-refractivity contribution in [2.45, 2.75) is 18.6 Å². The Morgan fingerprint density at radius 1 is 0.640 bits per heavy atom. The van der Waals surface area contributed by atoms with E-state index in [0.717, 1.165) is 43.7 Å². The zero-order valence-corrected chi connectivity index (χ0v) is 14.7. The van der Waals surface area contributed by atoms with E-state index < -0.39 is 12.2 Å². The van der Waals surface area contributed by atoms with Crippen LogP contribution in [0.2, 0.25) is 0 Å². The third-order valence-electron chi connectivity index (χ3n) is 4.91. The number of hydrogen-bond donors (Lipinski definition) is 2. The molecule has 1 aliphatic heterocycles. The quantitative estimate of drug-likeness (QED) is 0.848. The molecule has 4 heteroatoms. The maximum atomic E-state index is 10.4. The molecule has 0 radical (unpaired) electrons. The third-order valence-corrected chi connectivity index (χ3v) is 4.91. The summed E-state index contributed by atoms with van der Waals surface area (Å²) in [6, 6.07) is 19.7. The van der Waals surface area contributed by atoms with Gasteiger partial charge in [0.25, 0.3) is 0 Å². The minimum atomic E-state index is -0.442. The summed E-state index contributed by atoms with van der Waals surface area (Å²) in [5, 5.41) is 20.9. The molecule has 0 bridgehead atoms. The first-order valence-electron chi connectivity index (χ1n) is 9.13. The van der Waals surface area contributed by atoms with Gasteiger partial charge in [-0.05, 0) is 30.6 Å². The van der Waals surface area contributed by atoms with Crippen molar-refractivity contribution in [1.29, 1.82) is 0 Å². The second-order valence-corrected chi connectivity index (χ2v) is 6.81. The molecule has 134 valence electrons. The van der Waals surface area contributed by atoms with Crippen molar-refractivity contribution < 1.29 is 10.2 Å². The van der Waals surface area contributed by atoms with Gasteiger partial charge in [0.2, 0.25) is 0 Å². The van der Waals surface area contributed by atoms with Crippen molar-refractivity contribution in [3.63, 3.8) is 0 Å². The first kappa shape index (κ1) is 18.1. The van der Waals surface area contributed by atoms with Crippen LogP contribution in [0, 0.1) is 0 Å². The van der Waals surface area contributed by atoms with E-state index in [2.05, 4.69) is 9.80 Å². The first-order valence-corrected chi connectivity index (χ1v) is 9.13. The number of aliphatic hydroxyl groups is 2. The molecule has 1 saturated heterocycles. The van der Waals surface area contributed by atoms with Gasteiger partial charge in [0.15, 0.2) is 0 Å². The van der Waals surface area contributed by atoms with Gasteiger partial charge in [-0.3, -0.25) is 9.80 Å².